The van der Waals surface area contributed by atoms with Crippen LogP contribution in [0.5, 0.6) is 0 Å². The first-order valence-corrected chi connectivity index (χ1v) is 6.30. The molecule has 3 heteroatoms. The van der Waals surface area contributed by atoms with Gasteiger partial charge in [0.2, 0.25) is 0 Å². The number of thioether (sulfide) groups is 1. The second-order valence-electron chi connectivity index (χ2n) is 3.70. The summed E-state index contributed by atoms with van der Waals surface area (Å²) < 4.78 is 0. The summed E-state index contributed by atoms with van der Waals surface area (Å²) >= 11 is 7.64. The highest BCUT2D eigenvalue weighted by molar-refractivity contribution is 8.00. The Morgan fingerprint density at radius 1 is 1.53 bits per heavy atom. The van der Waals surface area contributed by atoms with Crippen LogP contribution in [0.2, 0.25) is 0 Å². The molecule has 1 heterocycles. The fourth-order valence-electron chi connectivity index (χ4n) is 1.74. The SMILES string of the molecule is C=C(Cl)CNCC1Cc2ccccc2S1. The molecule has 0 aromatic heterocycles. The first-order chi connectivity index (χ1) is 7.25. The van der Waals surface area contributed by atoms with E-state index in [-0.39, 0.29) is 0 Å². The number of benzene rings is 1. The zero-order valence-electron chi connectivity index (χ0n) is 8.50. The molecule has 1 atom stereocenters. The molecule has 0 fully saturated rings. The molecule has 0 radical (unpaired) electrons. The van der Waals surface area contributed by atoms with E-state index in [0.29, 0.717) is 16.8 Å². The Labute approximate surface area is 99.9 Å². The van der Waals surface area contributed by atoms with Gasteiger partial charge in [-0.05, 0) is 18.1 Å². The lowest BCUT2D eigenvalue weighted by atomic mass is 10.1. The maximum Gasteiger partial charge on any atom is 0.0307 e. The Morgan fingerprint density at radius 3 is 3.07 bits per heavy atom. The highest BCUT2D eigenvalue weighted by Gasteiger charge is 2.20. The molecule has 80 valence electrons. The molecule has 1 nitrogen and oxygen atoms in total. The van der Waals surface area contributed by atoms with Gasteiger partial charge in [0, 0.05) is 28.3 Å². The lowest BCUT2D eigenvalue weighted by molar-refractivity contribution is 0.709. The van der Waals surface area contributed by atoms with Crippen LogP contribution >= 0.6 is 23.4 Å². The molecule has 0 amide bonds. The van der Waals surface area contributed by atoms with Crippen molar-refractivity contribution in [2.45, 2.75) is 16.6 Å². The zero-order valence-corrected chi connectivity index (χ0v) is 10.1. The molecule has 0 aliphatic carbocycles. The smallest absolute Gasteiger partial charge is 0.0307 e. The van der Waals surface area contributed by atoms with Crippen LogP contribution in [0.3, 0.4) is 0 Å². The van der Waals surface area contributed by atoms with Crippen molar-refractivity contribution in [2.75, 3.05) is 13.1 Å². The van der Waals surface area contributed by atoms with Gasteiger partial charge in [0.1, 0.15) is 0 Å². The molecule has 0 bridgehead atoms. The van der Waals surface area contributed by atoms with E-state index in [1.165, 1.54) is 10.5 Å². The number of hydrogen-bond donors (Lipinski definition) is 1. The molecular formula is C12H14ClNS. The van der Waals surface area contributed by atoms with Gasteiger partial charge in [-0.2, -0.15) is 0 Å². The minimum atomic E-state index is 0.637. The van der Waals surface area contributed by atoms with Gasteiger partial charge < -0.3 is 5.32 Å². The van der Waals surface area contributed by atoms with Gasteiger partial charge in [-0.1, -0.05) is 36.4 Å². The van der Waals surface area contributed by atoms with Crippen LogP contribution < -0.4 is 5.32 Å². The molecule has 0 spiro atoms. The Hall–Kier alpha value is -0.440. The summed E-state index contributed by atoms with van der Waals surface area (Å²) in [4.78, 5) is 1.43. The summed E-state index contributed by atoms with van der Waals surface area (Å²) in [6.07, 6.45) is 1.16. The van der Waals surface area contributed by atoms with Crippen LogP contribution in [0.25, 0.3) is 0 Å². The van der Waals surface area contributed by atoms with E-state index in [1.807, 2.05) is 11.8 Å². The van der Waals surface area contributed by atoms with Gasteiger partial charge in [0.25, 0.3) is 0 Å². The number of rotatable bonds is 4. The van der Waals surface area contributed by atoms with E-state index in [2.05, 4.69) is 36.2 Å². The third-order valence-electron chi connectivity index (χ3n) is 2.40. The summed E-state index contributed by atoms with van der Waals surface area (Å²) in [6, 6.07) is 8.61. The zero-order chi connectivity index (χ0) is 10.7. The highest BCUT2D eigenvalue weighted by atomic mass is 35.5. The fraction of sp³-hybridized carbons (Fsp3) is 0.333. The molecule has 15 heavy (non-hydrogen) atoms. The van der Waals surface area contributed by atoms with Crippen LogP contribution in [-0.4, -0.2) is 18.3 Å². The van der Waals surface area contributed by atoms with Crippen LogP contribution in [-0.2, 0) is 6.42 Å². The monoisotopic (exact) mass is 239 g/mol. The van der Waals surface area contributed by atoms with Gasteiger partial charge in [-0.25, -0.2) is 0 Å². The van der Waals surface area contributed by atoms with Gasteiger partial charge in [-0.15, -0.1) is 11.8 Å². The quantitative estimate of drug-likeness (QED) is 0.867. The van der Waals surface area contributed by atoms with Crippen molar-refractivity contribution in [3.05, 3.63) is 41.4 Å². The average molecular weight is 240 g/mol. The Balaban J connectivity index is 1.83. The fourth-order valence-corrected chi connectivity index (χ4v) is 3.11. The number of hydrogen-bond acceptors (Lipinski definition) is 2. The lowest BCUT2D eigenvalue weighted by Gasteiger charge is -2.08. The molecule has 2 rings (SSSR count). The third kappa shape index (κ3) is 3.00. The van der Waals surface area contributed by atoms with Crippen molar-refractivity contribution in [1.29, 1.82) is 0 Å². The van der Waals surface area contributed by atoms with Crippen molar-refractivity contribution >= 4 is 23.4 Å². The Morgan fingerprint density at radius 2 is 2.33 bits per heavy atom. The molecule has 1 aromatic carbocycles. The van der Waals surface area contributed by atoms with Gasteiger partial charge in [0.05, 0.1) is 0 Å². The van der Waals surface area contributed by atoms with E-state index in [0.717, 1.165) is 13.0 Å². The normalized spacial score (nSPS) is 18.9. The van der Waals surface area contributed by atoms with Crippen molar-refractivity contribution in [3.63, 3.8) is 0 Å². The van der Waals surface area contributed by atoms with E-state index in [9.17, 15) is 0 Å². The van der Waals surface area contributed by atoms with Crippen molar-refractivity contribution in [1.82, 2.24) is 5.32 Å². The molecule has 1 N–H and O–H groups in total. The van der Waals surface area contributed by atoms with Gasteiger partial charge >= 0.3 is 0 Å². The summed E-state index contributed by atoms with van der Waals surface area (Å²) in [6.45, 7) is 5.35. The van der Waals surface area contributed by atoms with Crippen LogP contribution in [0.1, 0.15) is 5.56 Å². The second kappa shape index (κ2) is 5.06. The summed E-state index contributed by atoms with van der Waals surface area (Å²) in [5.74, 6) is 0. The number of nitrogens with one attached hydrogen (secondary N) is 1. The Bertz CT molecular complexity index is 339. The summed E-state index contributed by atoms with van der Waals surface area (Å²) in [5, 5.41) is 4.62. The predicted molar refractivity (Wildman–Crippen MR) is 67.7 cm³/mol. The van der Waals surface area contributed by atoms with Gasteiger partial charge in [-0.3, -0.25) is 0 Å². The topological polar surface area (TPSA) is 12.0 Å². The maximum absolute atomic E-state index is 5.69. The molecule has 1 aliphatic rings. The predicted octanol–water partition coefficient (Wildman–Crippen LogP) is 3.05. The minimum absolute atomic E-state index is 0.637. The molecule has 1 unspecified atom stereocenters. The molecule has 1 aliphatic heterocycles. The van der Waals surface area contributed by atoms with Crippen molar-refractivity contribution in [3.8, 4) is 0 Å². The largest absolute Gasteiger partial charge is 0.311 e. The van der Waals surface area contributed by atoms with Crippen molar-refractivity contribution in [2.24, 2.45) is 0 Å². The van der Waals surface area contributed by atoms with E-state index in [1.54, 1.807) is 0 Å². The molecular weight excluding hydrogens is 226 g/mol. The maximum atomic E-state index is 5.69. The lowest BCUT2D eigenvalue weighted by Crippen LogP contribution is -2.25. The first kappa shape index (κ1) is 11.1. The molecule has 0 saturated heterocycles. The highest BCUT2D eigenvalue weighted by Crippen LogP contribution is 2.36. The standard InChI is InChI=1S/C12H14ClNS/c1-9(13)7-14-8-11-6-10-4-2-3-5-12(10)15-11/h2-5,11,14H,1,6-8H2. The Kier molecular flexibility index (Phi) is 3.73. The summed E-state index contributed by atoms with van der Waals surface area (Å²) in [5.41, 5.74) is 1.47. The average Bonchev–Trinajstić information content (AvgIpc) is 2.59. The van der Waals surface area contributed by atoms with Crippen LogP contribution in [0.15, 0.2) is 40.8 Å². The first-order valence-electron chi connectivity index (χ1n) is 5.04. The van der Waals surface area contributed by atoms with E-state index in [4.69, 9.17) is 11.6 Å². The number of fused-ring (bicyclic) bond motifs is 1. The van der Waals surface area contributed by atoms with Crippen LogP contribution in [0.4, 0.5) is 0 Å². The molecule has 0 saturated carbocycles. The summed E-state index contributed by atoms with van der Waals surface area (Å²) in [7, 11) is 0. The second-order valence-corrected chi connectivity index (χ2v) is 5.58. The molecule has 1 aromatic rings. The van der Waals surface area contributed by atoms with E-state index >= 15 is 0 Å². The van der Waals surface area contributed by atoms with Crippen molar-refractivity contribution < 1.29 is 0 Å². The minimum Gasteiger partial charge on any atom is -0.311 e. The third-order valence-corrected chi connectivity index (χ3v) is 3.86. The van der Waals surface area contributed by atoms with Gasteiger partial charge in [0.15, 0.2) is 0 Å². The van der Waals surface area contributed by atoms with E-state index < -0.39 is 0 Å². The number of halogens is 1. The van der Waals surface area contributed by atoms with Crippen LogP contribution in [0, 0.1) is 0 Å².